The first-order valence-electron chi connectivity index (χ1n) is 5.77. The maximum atomic E-state index is 13.8. The van der Waals surface area contributed by atoms with Crippen LogP contribution in [-0.2, 0) is 6.42 Å². The van der Waals surface area contributed by atoms with E-state index in [1.165, 1.54) is 0 Å². The van der Waals surface area contributed by atoms with Crippen LogP contribution in [0.5, 0.6) is 0 Å². The van der Waals surface area contributed by atoms with Crippen molar-refractivity contribution in [3.8, 4) is 0 Å². The minimum atomic E-state index is -0.303. The number of rotatable bonds is 4. The molecule has 94 valence electrons. The standard InChI is InChI=1S/C14H14BrFN2/c15-12-5-1-4-11(14(12)16)13(17)7-6-10-3-2-8-18-9-10/h1-5,8-9,13H,6-7,17H2. The van der Waals surface area contributed by atoms with Gasteiger partial charge in [0.05, 0.1) is 4.47 Å². The average Bonchev–Trinajstić information content (AvgIpc) is 2.40. The molecule has 2 rings (SSSR count). The van der Waals surface area contributed by atoms with Crippen molar-refractivity contribution in [3.05, 3.63) is 64.1 Å². The Morgan fingerprint density at radius 3 is 2.83 bits per heavy atom. The van der Waals surface area contributed by atoms with Gasteiger partial charge in [0.1, 0.15) is 5.82 Å². The van der Waals surface area contributed by atoms with Crippen LogP contribution in [0.2, 0.25) is 0 Å². The number of nitrogens with zero attached hydrogens (tertiary/aromatic N) is 1. The first-order valence-corrected chi connectivity index (χ1v) is 6.56. The fourth-order valence-corrected chi connectivity index (χ4v) is 2.21. The summed E-state index contributed by atoms with van der Waals surface area (Å²) >= 11 is 3.17. The van der Waals surface area contributed by atoms with Crippen molar-refractivity contribution < 1.29 is 4.39 Å². The summed E-state index contributed by atoms with van der Waals surface area (Å²) in [6, 6.07) is 8.78. The molecule has 2 N–H and O–H groups in total. The van der Waals surface area contributed by atoms with Gasteiger partial charge in [-0.25, -0.2) is 4.39 Å². The normalized spacial score (nSPS) is 12.4. The highest BCUT2D eigenvalue weighted by atomic mass is 79.9. The maximum absolute atomic E-state index is 13.8. The van der Waals surface area contributed by atoms with Crippen LogP contribution in [0.4, 0.5) is 4.39 Å². The van der Waals surface area contributed by atoms with Crippen LogP contribution in [0, 0.1) is 5.82 Å². The SMILES string of the molecule is NC(CCc1cccnc1)c1cccc(Br)c1F. The van der Waals surface area contributed by atoms with Crippen LogP contribution in [-0.4, -0.2) is 4.98 Å². The van der Waals surface area contributed by atoms with E-state index in [0.29, 0.717) is 16.5 Å². The lowest BCUT2D eigenvalue weighted by molar-refractivity contribution is 0.559. The summed E-state index contributed by atoms with van der Waals surface area (Å²) in [5.41, 5.74) is 7.69. The molecule has 0 fully saturated rings. The summed E-state index contributed by atoms with van der Waals surface area (Å²) in [6.45, 7) is 0. The number of hydrogen-bond acceptors (Lipinski definition) is 2. The quantitative estimate of drug-likeness (QED) is 0.937. The van der Waals surface area contributed by atoms with Crippen LogP contribution >= 0.6 is 15.9 Å². The Hall–Kier alpha value is -1.26. The lowest BCUT2D eigenvalue weighted by atomic mass is 10.00. The lowest BCUT2D eigenvalue weighted by Gasteiger charge is -2.13. The third kappa shape index (κ3) is 3.15. The van der Waals surface area contributed by atoms with Crippen LogP contribution < -0.4 is 5.73 Å². The molecular formula is C14H14BrFN2. The number of nitrogens with two attached hydrogens (primary N) is 1. The molecule has 1 aromatic heterocycles. The first kappa shape index (κ1) is 13.2. The monoisotopic (exact) mass is 308 g/mol. The molecule has 1 heterocycles. The van der Waals surface area contributed by atoms with E-state index in [4.69, 9.17) is 5.73 Å². The predicted molar refractivity (Wildman–Crippen MR) is 73.6 cm³/mol. The molecule has 2 nitrogen and oxygen atoms in total. The molecule has 0 radical (unpaired) electrons. The molecule has 0 aliphatic heterocycles. The molecule has 18 heavy (non-hydrogen) atoms. The maximum Gasteiger partial charge on any atom is 0.142 e. The van der Waals surface area contributed by atoms with Crippen molar-refractivity contribution in [3.63, 3.8) is 0 Å². The minimum absolute atomic E-state index is 0.267. The fraction of sp³-hybridized carbons (Fsp3) is 0.214. The molecule has 0 bridgehead atoms. The van der Waals surface area contributed by atoms with E-state index in [0.717, 1.165) is 12.0 Å². The van der Waals surface area contributed by atoms with Gasteiger partial charge < -0.3 is 5.73 Å². The third-order valence-electron chi connectivity index (χ3n) is 2.85. The van der Waals surface area contributed by atoms with Gasteiger partial charge >= 0.3 is 0 Å². The average molecular weight is 309 g/mol. The molecule has 4 heteroatoms. The second-order valence-corrected chi connectivity index (χ2v) is 5.00. The number of pyridine rings is 1. The summed E-state index contributed by atoms with van der Waals surface area (Å²) in [7, 11) is 0. The van der Waals surface area contributed by atoms with Crippen molar-refractivity contribution in [2.75, 3.05) is 0 Å². The summed E-state index contributed by atoms with van der Waals surface area (Å²) in [5, 5.41) is 0. The molecule has 0 saturated carbocycles. The minimum Gasteiger partial charge on any atom is -0.324 e. The van der Waals surface area contributed by atoms with Gasteiger partial charge in [0, 0.05) is 24.0 Å². The van der Waals surface area contributed by atoms with Gasteiger partial charge in [0.25, 0.3) is 0 Å². The van der Waals surface area contributed by atoms with E-state index >= 15 is 0 Å². The van der Waals surface area contributed by atoms with Crippen LogP contribution in [0.25, 0.3) is 0 Å². The highest BCUT2D eigenvalue weighted by Crippen LogP contribution is 2.25. The summed E-state index contributed by atoms with van der Waals surface area (Å²) in [6.07, 6.45) is 5.03. The van der Waals surface area contributed by atoms with Gasteiger partial charge in [-0.15, -0.1) is 0 Å². The van der Waals surface area contributed by atoms with Crippen molar-refractivity contribution in [2.45, 2.75) is 18.9 Å². The first-order chi connectivity index (χ1) is 8.68. The van der Waals surface area contributed by atoms with E-state index in [-0.39, 0.29) is 11.9 Å². The number of aryl methyl sites for hydroxylation is 1. The number of halogens is 2. The molecule has 0 saturated heterocycles. The van der Waals surface area contributed by atoms with Crippen molar-refractivity contribution >= 4 is 15.9 Å². The Labute approximate surface area is 114 Å². The van der Waals surface area contributed by atoms with Crippen LogP contribution in [0.15, 0.2) is 47.2 Å². The van der Waals surface area contributed by atoms with Crippen LogP contribution in [0.3, 0.4) is 0 Å². The predicted octanol–water partition coefficient (Wildman–Crippen LogP) is 3.62. The molecule has 0 aliphatic rings. The number of hydrogen-bond donors (Lipinski definition) is 1. The Balaban J connectivity index is 2.04. The van der Waals surface area contributed by atoms with Gasteiger partial charge in [-0.3, -0.25) is 4.98 Å². The Bertz CT molecular complexity index is 516. The summed E-state index contributed by atoms with van der Waals surface area (Å²) in [5.74, 6) is -0.267. The Kier molecular flexibility index (Phi) is 4.44. The van der Waals surface area contributed by atoms with E-state index in [2.05, 4.69) is 20.9 Å². The van der Waals surface area contributed by atoms with E-state index < -0.39 is 0 Å². The summed E-state index contributed by atoms with van der Waals surface area (Å²) in [4.78, 5) is 4.04. The van der Waals surface area contributed by atoms with Gasteiger partial charge in [-0.1, -0.05) is 18.2 Å². The fourth-order valence-electron chi connectivity index (χ4n) is 1.83. The number of benzene rings is 1. The number of aromatic nitrogens is 1. The largest absolute Gasteiger partial charge is 0.324 e. The van der Waals surface area contributed by atoms with Crippen molar-refractivity contribution in [2.24, 2.45) is 5.73 Å². The second-order valence-electron chi connectivity index (χ2n) is 4.15. The highest BCUT2D eigenvalue weighted by Gasteiger charge is 2.13. The molecule has 0 aliphatic carbocycles. The third-order valence-corrected chi connectivity index (χ3v) is 3.46. The van der Waals surface area contributed by atoms with Gasteiger partial charge in [0.15, 0.2) is 0 Å². The smallest absolute Gasteiger partial charge is 0.142 e. The molecule has 1 atom stereocenters. The van der Waals surface area contributed by atoms with Gasteiger partial charge in [-0.05, 0) is 46.5 Å². The zero-order valence-corrected chi connectivity index (χ0v) is 11.4. The van der Waals surface area contributed by atoms with E-state index in [1.807, 2.05) is 18.3 Å². The van der Waals surface area contributed by atoms with Crippen LogP contribution in [0.1, 0.15) is 23.6 Å². The molecule has 0 spiro atoms. The second kappa shape index (κ2) is 6.07. The lowest BCUT2D eigenvalue weighted by Crippen LogP contribution is -2.13. The molecule has 0 amide bonds. The molecular weight excluding hydrogens is 295 g/mol. The Morgan fingerprint density at radius 1 is 1.28 bits per heavy atom. The molecule has 1 unspecified atom stereocenters. The van der Waals surface area contributed by atoms with Crippen molar-refractivity contribution in [1.29, 1.82) is 0 Å². The Morgan fingerprint density at radius 2 is 2.11 bits per heavy atom. The molecule has 2 aromatic rings. The van der Waals surface area contributed by atoms with Gasteiger partial charge in [-0.2, -0.15) is 0 Å². The highest BCUT2D eigenvalue weighted by molar-refractivity contribution is 9.10. The zero-order chi connectivity index (χ0) is 13.0. The zero-order valence-electron chi connectivity index (χ0n) is 9.81. The molecule has 1 aromatic carbocycles. The van der Waals surface area contributed by atoms with E-state index in [1.54, 1.807) is 24.4 Å². The van der Waals surface area contributed by atoms with E-state index in [9.17, 15) is 4.39 Å². The van der Waals surface area contributed by atoms with Gasteiger partial charge in [0.2, 0.25) is 0 Å². The summed E-state index contributed by atoms with van der Waals surface area (Å²) < 4.78 is 14.3. The topological polar surface area (TPSA) is 38.9 Å². The van der Waals surface area contributed by atoms with Crippen molar-refractivity contribution in [1.82, 2.24) is 4.98 Å².